The third kappa shape index (κ3) is 36.0. The summed E-state index contributed by atoms with van der Waals surface area (Å²) in [5.41, 5.74) is 0. The second-order valence-corrected chi connectivity index (χ2v) is 14.3. The Hall–Kier alpha value is -0.0800. The largest absolute Gasteiger partial charge is 0.332 e. The predicted molar refractivity (Wildman–Crippen MR) is 187 cm³/mol. The topological polar surface area (TPSA) is 9.23 Å². The van der Waals surface area contributed by atoms with Crippen LogP contribution in [0.3, 0.4) is 0 Å². The van der Waals surface area contributed by atoms with Crippen molar-refractivity contribution in [2.75, 3.05) is 34.0 Å². The van der Waals surface area contributed by atoms with E-state index < -0.39 is 0 Å². The zero-order valence-electron chi connectivity index (χ0n) is 29.6. The fourth-order valence-corrected chi connectivity index (χ4v) is 6.22. The van der Waals surface area contributed by atoms with Crippen molar-refractivity contribution in [2.45, 2.75) is 219 Å². The molecule has 0 aliphatic carbocycles. The molecule has 0 aromatic carbocycles. The summed E-state index contributed by atoms with van der Waals surface area (Å²) >= 11 is 0. The summed E-state index contributed by atoms with van der Waals surface area (Å²) in [6, 6.07) is 0. The average molecular weight is 581 g/mol. The van der Waals surface area contributed by atoms with Crippen molar-refractivity contribution in [2.24, 2.45) is 0 Å². The molecule has 0 rings (SSSR count). The highest BCUT2D eigenvalue weighted by Gasteiger charge is 2.14. The van der Waals surface area contributed by atoms with Gasteiger partial charge in [-0.1, -0.05) is 200 Å². The summed E-state index contributed by atoms with van der Waals surface area (Å²) in [4.78, 5) is 0. The number of quaternary nitrogens is 1. The van der Waals surface area contributed by atoms with E-state index in [0.717, 1.165) is 17.8 Å². The smallest absolute Gasteiger partial charge is 0.182 e. The first kappa shape index (κ1) is 40.9. The fraction of sp³-hybridized carbons (Fsp3) is 1.00. The molecular formula is C39H82NO+. The quantitative estimate of drug-likeness (QED) is 0.0407. The number of nitrogens with zero attached hydrogens (tertiary/aromatic N) is 1. The Labute approximate surface area is 262 Å². The van der Waals surface area contributed by atoms with Gasteiger partial charge < -0.3 is 9.22 Å². The van der Waals surface area contributed by atoms with E-state index in [1.165, 1.54) is 212 Å². The highest BCUT2D eigenvalue weighted by molar-refractivity contribution is 4.51. The first-order valence-corrected chi connectivity index (χ1v) is 19.5. The number of unbranched alkanes of at least 4 members (excludes halogenated alkanes) is 30. The van der Waals surface area contributed by atoms with Gasteiger partial charge in [0.15, 0.2) is 6.73 Å². The minimum absolute atomic E-state index is 0.886. The van der Waals surface area contributed by atoms with Crippen LogP contribution < -0.4 is 0 Å². The third-order valence-electron chi connectivity index (χ3n) is 9.20. The van der Waals surface area contributed by atoms with E-state index in [4.69, 9.17) is 4.74 Å². The van der Waals surface area contributed by atoms with Crippen LogP contribution in [-0.4, -0.2) is 38.5 Å². The van der Waals surface area contributed by atoms with Crippen LogP contribution in [0.5, 0.6) is 0 Å². The lowest BCUT2D eigenvalue weighted by molar-refractivity contribution is -0.909. The first-order valence-electron chi connectivity index (χ1n) is 19.5. The van der Waals surface area contributed by atoms with Crippen LogP contribution in [0, 0.1) is 0 Å². The van der Waals surface area contributed by atoms with Crippen molar-refractivity contribution in [1.29, 1.82) is 0 Å². The van der Waals surface area contributed by atoms with Crippen molar-refractivity contribution in [3.05, 3.63) is 0 Å². The Morgan fingerprint density at radius 3 is 0.854 bits per heavy atom. The van der Waals surface area contributed by atoms with Gasteiger partial charge in [0.25, 0.3) is 0 Å². The Bertz CT molecular complexity index is 462. The highest BCUT2D eigenvalue weighted by atomic mass is 16.5. The third-order valence-corrected chi connectivity index (χ3v) is 9.20. The van der Waals surface area contributed by atoms with E-state index >= 15 is 0 Å². The average Bonchev–Trinajstić information content (AvgIpc) is 2.96. The Morgan fingerprint density at radius 2 is 0.561 bits per heavy atom. The van der Waals surface area contributed by atoms with Gasteiger partial charge in [-0.15, -0.1) is 0 Å². The molecule has 0 radical (unpaired) electrons. The minimum atomic E-state index is 0.886. The van der Waals surface area contributed by atoms with Crippen LogP contribution in [-0.2, 0) is 4.74 Å². The number of hydrogen-bond donors (Lipinski definition) is 0. The maximum absolute atomic E-state index is 6.07. The molecule has 0 N–H and O–H groups in total. The molecule has 0 amide bonds. The zero-order valence-corrected chi connectivity index (χ0v) is 29.6. The molecule has 2 heteroatoms. The van der Waals surface area contributed by atoms with Gasteiger partial charge in [0.05, 0.1) is 27.2 Å². The molecule has 0 aliphatic rings. The molecular weight excluding hydrogens is 498 g/mol. The second kappa shape index (κ2) is 34.4. The molecule has 0 saturated carbocycles. The monoisotopic (exact) mass is 581 g/mol. The maximum atomic E-state index is 6.07. The summed E-state index contributed by atoms with van der Waals surface area (Å²) in [6.45, 7) is 7.71. The molecule has 0 atom stereocenters. The molecule has 0 aromatic rings. The molecule has 0 saturated heterocycles. The lowest BCUT2D eigenvalue weighted by Gasteiger charge is -2.29. The molecule has 0 fully saturated rings. The van der Waals surface area contributed by atoms with Gasteiger partial charge in [-0.05, 0) is 19.3 Å². The molecule has 0 heterocycles. The zero-order chi connectivity index (χ0) is 30.0. The summed E-state index contributed by atoms with van der Waals surface area (Å²) in [5, 5.41) is 0. The van der Waals surface area contributed by atoms with Crippen LogP contribution in [0.1, 0.15) is 219 Å². The Kier molecular flexibility index (Phi) is 34.3. The Balaban J connectivity index is 3.26. The van der Waals surface area contributed by atoms with Gasteiger partial charge in [-0.25, -0.2) is 0 Å². The normalized spacial score (nSPS) is 12.0. The van der Waals surface area contributed by atoms with Crippen molar-refractivity contribution in [1.82, 2.24) is 0 Å². The SMILES string of the molecule is CCCCCCCCCCCCCCCCCCOC[N+](C)(C)CCCCCCCCCCCCCCCCCC. The Morgan fingerprint density at radius 1 is 0.317 bits per heavy atom. The molecule has 2 nitrogen and oxygen atoms in total. The number of ether oxygens (including phenoxy) is 1. The summed E-state index contributed by atoms with van der Waals surface area (Å²) in [7, 11) is 4.69. The molecule has 0 unspecified atom stereocenters. The standard InChI is InChI=1S/C39H82NO/c1-5-7-9-11-13-15-17-19-21-23-25-27-29-31-33-35-37-40(3,4)39-41-38-36-34-32-30-28-26-24-22-20-18-16-14-12-10-8-6-2/h5-39H2,1-4H3/q+1. The van der Waals surface area contributed by atoms with Gasteiger partial charge in [0.2, 0.25) is 0 Å². The van der Waals surface area contributed by atoms with Gasteiger partial charge in [-0.3, -0.25) is 0 Å². The molecule has 41 heavy (non-hydrogen) atoms. The van der Waals surface area contributed by atoms with E-state index in [0.29, 0.717) is 0 Å². The van der Waals surface area contributed by atoms with Crippen molar-refractivity contribution in [3.8, 4) is 0 Å². The van der Waals surface area contributed by atoms with Crippen molar-refractivity contribution >= 4 is 0 Å². The van der Waals surface area contributed by atoms with Crippen LogP contribution in [0.4, 0.5) is 0 Å². The molecule has 0 aliphatic heterocycles. The van der Waals surface area contributed by atoms with E-state index in [2.05, 4.69) is 27.9 Å². The lowest BCUT2D eigenvalue weighted by Crippen LogP contribution is -2.42. The summed E-state index contributed by atoms with van der Waals surface area (Å²) in [5.74, 6) is 0. The van der Waals surface area contributed by atoms with E-state index in [-0.39, 0.29) is 0 Å². The van der Waals surface area contributed by atoms with Gasteiger partial charge in [-0.2, -0.15) is 0 Å². The fourth-order valence-electron chi connectivity index (χ4n) is 6.22. The molecule has 0 spiro atoms. The van der Waals surface area contributed by atoms with Crippen LogP contribution >= 0.6 is 0 Å². The van der Waals surface area contributed by atoms with Gasteiger partial charge in [0, 0.05) is 0 Å². The minimum Gasteiger partial charge on any atom is -0.332 e. The van der Waals surface area contributed by atoms with Crippen LogP contribution in [0.25, 0.3) is 0 Å². The summed E-state index contributed by atoms with van der Waals surface area (Å²) < 4.78 is 7.09. The van der Waals surface area contributed by atoms with Gasteiger partial charge in [0.1, 0.15) is 0 Å². The van der Waals surface area contributed by atoms with Crippen LogP contribution in [0.15, 0.2) is 0 Å². The van der Waals surface area contributed by atoms with Crippen molar-refractivity contribution in [3.63, 3.8) is 0 Å². The molecule has 248 valence electrons. The molecule has 0 bridgehead atoms. The van der Waals surface area contributed by atoms with Gasteiger partial charge >= 0.3 is 0 Å². The highest BCUT2D eigenvalue weighted by Crippen LogP contribution is 2.16. The first-order chi connectivity index (χ1) is 20.1. The number of hydrogen-bond acceptors (Lipinski definition) is 1. The molecule has 0 aromatic heterocycles. The van der Waals surface area contributed by atoms with E-state index in [9.17, 15) is 0 Å². The summed E-state index contributed by atoms with van der Waals surface area (Å²) in [6.07, 6.45) is 46.0. The van der Waals surface area contributed by atoms with E-state index in [1.54, 1.807) is 0 Å². The number of rotatable bonds is 36. The van der Waals surface area contributed by atoms with E-state index in [1.807, 2.05) is 0 Å². The second-order valence-electron chi connectivity index (χ2n) is 14.3. The lowest BCUT2D eigenvalue weighted by atomic mass is 10.0. The predicted octanol–water partition coefficient (Wildman–Crippen LogP) is 13.6. The van der Waals surface area contributed by atoms with Crippen LogP contribution in [0.2, 0.25) is 0 Å². The van der Waals surface area contributed by atoms with Crippen molar-refractivity contribution < 1.29 is 9.22 Å². The maximum Gasteiger partial charge on any atom is 0.182 e.